The zero-order valence-electron chi connectivity index (χ0n) is 17.1. The molecule has 0 radical (unpaired) electrons. The van der Waals surface area contributed by atoms with Crippen molar-refractivity contribution in [3.63, 3.8) is 0 Å². The smallest absolute Gasteiger partial charge is 0.179 e. The van der Waals surface area contributed by atoms with Gasteiger partial charge in [-0.1, -0.05) is 46.8 Å². The molecule has 2 aliphatic rings. The van der Waals surface area contributed by atoms with E-state index in [1.165, 1.54) is 0 Å². The SMILES string of the molecule is CC1=CC(=O)C=C(C)C1=C/C=C1\C(CC(C)C)=CC(=O)C=C1C(C)(C)C. The molecule has 0 N–H and O–H groups in total. The van der Waals surface area contributed by atoms with Gasteiger partial charge >= 0.3 is 0 Å². The summed E-state index contributed by atoms with van der Waals surface area (Å²) < 4.78 is 0. The molecule has 0 saturated heterocycles. The van der Waals surface area contributed by atoms with Gasteiger partial charge in [0.25, 0.3) is 0 Å². The van der Waals surface area contributed by atoms with E-state index in [0.29, 0.717) is 5.92 Å². The van der Waals surface area contributed by atoms with Gasteiger partial charge in [-0.05, 0) is 89.3 Å². The molecule has 0 aromatic carbocycles. The van der Waals surface area contributed by atoms with Crippen LogP contribution in [0.5, 0.6) is 0 Å². The summed E-state index contributed by atoms with van der Waals surface area (Å²) in [6, 6.07) is 0. The predicted octanol–water partition coefficient (Wildman–Crippen LogP) is 5.84. The third-order valence-corrected chi connectivity index (χ3v) is 4.66. The van der Waals surface area contributed by atoms with Crippen LogP contribution >= 0.6 is 0 Å². The second kappa shape index (κ2) is 7.57. The monoisotopic (exact) mass is 350 g/mol. The average Bonchev–Trinajstić information content (AvgIpc) is 2.45. The second-order valence-electron chi connectivity index (χ2n) is 8.70. The first kappa shape index (κ1) is 20.1. The van der Waals surface area contributed by atoms with Crippen molar-refractivity contribution in [3.05, 3.63) is 69.9 Å². The highest BCUT2D eigenvalue weighted by Gasteiger charge is 2.27. The van der Waals surface area contributed by atoms with Crippen molar-refractivity contribution in [2.45, 2.75) is 54.9 Å². The maximum absolute atomic E-state index is 12.3. The molecule has 138 valence electrons. The molecular formula is C24H30O2. The zero-order chi connectivity index (χ0) is 19.6. The van der Waals surface area contributed by atoms with Crippen LogP contribution in [0.25, 0.3) is 0 Å². The Morgan fingerprint density at radius 2 is 1.35 bits per heavy atom. The second-order valence-corrected chi connectivity index (χ2v) is 8.70. The molecule has 26 heavy (non-hydrogen) atoms. The molecule has 0 saturated carbocycles. The van der Waals surface area contributed by atoms with Crippen molar-refractivity contribution in [1.82, 2.24) is 0 Å². The van der Waals surface area contributed by atoms with Crippen LogP contribution in [0.2, 0.25) is 0 Å². The normalized spacial score (nSPS) is 20.2. The molecule has 2 aliphatic carbocycles. The van der Waals surface area contributed by atoms with E-state index < -0.39 is 0 Å². The lowest BCUT2D eigenvalue weighted by molar-refractivity contribution is -0.111. The van der Waals surface area contributed by atoms with Crippen LogP contribution in [0.15, 0.2) is 69.9 Å². The van der Waals surface area contributed by atoms with Crippen molar-refractivity contribution in [3.8, 4) is 0 Å². The van der Waals surface area contributed by atoms with Crippen LogP contribution < -0.4 is 0 Å². The Balaban J connectivity index is 2.56. The minimum absolute atomic E-state index is 0.0451. The molecule has 0 bridgehead atoms. The average molecular weight is 351 g/mol. The third-order valence-electron chi connectivity index (χ3n) is 4.66. The van der Waals surface area contributed by atoms with Gasteiger partial charge in [0, 0.05) is 0 Å². The molecular weight excluding hydrogens is 320 g/mol. The fourth-order valence-electron chi connectivity index (χ4n) is 3.47. The van der Waals surface area contributed by atoms with Crippen molar-refractivity contribution >= 4 is 11.6 Å². The highest BCUT2D eigenvalue weighted by atomic mass is 16.1. The highest BCUT2D eigenvalue weighted by Crippen LogP contribution is 2.39. The molecule has 2 rings (SSSR count). The molecule has 0 heterocycles. The largest absolute Gasteiger partial charge is 0.290 e. The zero-order valence-corrected chi connectivity index (χ0v) is 17.1. The number of allylic oxidation sites excluding steroid dienone is 12. The van der Waals surface area contributed by atoms with Gasteiger partial charge in [-0.2, -0.15) is 0 Å². The summed E-state index contributed by atoms with van der Waals surface area (Å²) in [6.07, 6.45) is 12.0. The fraction of sp³-hybridized carbons (Fsp3) is 0.417. The Morgan fingerprint density at radius 1 is 0.846 bits per heavy atom. The van der Waals surface area contributed by atoms with Crippen LogP contribution in [0, 0.1) is 11.3 Å². The molecule has 0 amide bonds. The summed E-state index contributed by atoms with van der Waals surface area (Å²) in [4.78, 5) is 23.9. The van der Waals surface area contributed by atoms with Crippen molar-refractivity contribution in [1.29, 1.82) is 0 Å². The lowest BCUT2D eigenvalue weighted by Crippen LogP contribution is -2.18. The van der Waals surface area contributed by atoms with E-state index in [9.17, 15) is 9.59 Å². The number of hydrogen-bond donors (Lipinski definition) is 0. The van der Waals surface area contributed by atoms with Gasteiger partial charge < -0.3 is 0 Å². The Bertz CT molecular complexity index is 789. The van der Waals surface area contributed by atoms with Crippen molar-refractivity contribution in [2.75, 3.05) is 0 Å². The van der Waals surface area contributed by atoms with Gasteiger partial charge in [0.2, 0.25) is 0 Å². The molecule has 0 aromatic rings. The summed E-state index contributed by atoms with van der Waals surface area (Å²) in [5.41, 5.74) is 6.23. The number of hydrogen-bond acceptors (Lipinski definition) is 2. The Kier molecular flexibility index (Phi) is 5.85. The minimum Gasteiger partial charge on any atom is -0.290 e. The lowest BCUT2D eigenvalue weighted by Gasteiger charge is -2.29. The number of carbonyl (C=O) groups is 2. The van der Waals surface area contributed by atoms with Crippen LogP contribution in [-0.2, 0) is 9.59 Å². The first-order valence-corrected chi connectivity index (χ1v) is 9.29. The molecule has 0 unspecified atom stereocenters. The fourth-order valence-corrected chi connectivity index (χ4v) is 3.47. The van der Waals surface area contributed by atoms with E-state index in [2.05, 4.69) is 46.8 Å². The Hall–Kier alpha value is -2.22. The number of rotatable bonds is 3. The Labute approximate surface area is 157 Å². The Morgan fingerprint density at radius 3 is 1.85 bits per heavy atom. The number of ketones is 2. The van der Waals surface area contributed by atoms with Crippen LogP contribution in [0.3, 0.4) is 0 Å². The summed E-state index contributed by atoms with van der Waals surface area (Å²) in [6.45, 7) is 14.7. The first-order valence-electron chi connectivity index (χ1n) is 9.29. The molecule has 2 heteroatoms. The molecule has 0 spiro atoms. The van der Waals surface area contributed by atoms with Gasteiger partial charge in [-0.3, -0.25) is 9.59 Å². The van der Waals surface area contributed by atoms with Crippen LogP contribution in [0.4, 0.5) is 0 Å². The van der Waals surface area contributed by atoms with E-state index in [0.717, 1.165) is 39.9 Å². The van der Waals surface area contributed by atoms with Gasteiger partial charge in [0.05, 0.1) is 0 Å². The van der Waals surface area contributed by atoms with Gasteiger partial charge in [-0.25, -0.2) is 0 Å². The predicted molar refractivity (Wildman–Crippen MR) is 109 cm³/mol. The van der Waals surface area contributed by atoms with E-state index in [1.54, 1.807) is 24.3 Å². The first-order chi connectivity index (χ1) is 12.0. The summed E-state index contributed by atoms with van der Waals surface area (Å²) in [5.74, 6) is 0.592. The molecule has 0 aliphatic heterocycles. The van der Waals surface area contributed by atoms with Crippen molar-refractivity contribution < 1.29 is 9.59 Å². The van der Waals surface area contributed by atoms with Gasteiger partial charge in [0.15, 0.2) is 11.6 Å². The van der Waals surface area contributed by atoms with E-state index >= 15 is 0 Å². The molecule has 2 nitrogen and oxygen atoms in total. The molecule has 0 aromatic heterocycles. The standard InChI is InChI=1S/C24H30O2/c1-15(2)10-18-13-20(26)14-23(24(5,6)7)22(18)9-8-21-16(3)11-19(25)12-17(21)4/h8-9,11-15H,10H2,1-7H3/b22-9+. The van der Waals surface area contributed by atoms with Gasteiger partial charge in [-0.15, -0.1) is 0 Å². The quantitative estimate of drug-likeness (QED) is 0.640. The summed E-state index contributed by atoms with van der Waals surface area (Å²) in [7, 11) is 0. The van der Waals surface area contributed by atoms with E-state index in [1.807, 2.05) is 13.8 Å². The molecule has 0 fully saturated rings. The maximum atomic E-state index is 12.3. The summed E-state index contributed by atoms with van der Waals surface area (Å²) in [5, 5.41) is 0. The minimum atomic E-state index is -0.116. The maximum Gasteiger partial charge on any atom is 0.179 e. The van der Waals surface area contributed by atoms with E-state index in [4.69, 9.17) is 0 Å². The van der Waals surface area contributed by atoms with Crippen LogP contribution in [0.1, 0.15) is 54.9 Å². The van der Waals surface area contributed by atoms with Crippen LogP contribution in [-0.4, -0.2) is 11.6 Å². The topological polar surface area (TPSA) is 34.1 Å². The molecule has 0 atom stereocenters. The summed E-state index contributed by atoms with van der Waals surface area (Å²) >= 11 is 0. The van der Waals surface area contributed by atoms with Gasteiger partial charge in [0.1, 0.15) is 0 Å². The van der Waals surface area contributed by atoms with Crippen molar-refractivity contribution in [2.24, 2.45) is 11.3 Å². The number of carbonyl (C=O) groups excluding carboxylic acids is 2. The highest BCUT2D eigenvalue weighted by molar-refractivity contribution is 6.04. The lowest BCUT2D eigenvalue weighted by atomic mass is 9.74. The van der Waals surface area contributed by atoms with E-state index in [-0.39, 0.29) is 17.0 Å². The third kappa shape index (κ3) is 4.69.